The molecule has 4 nitrogen and oxygen atoms in total. The number of sulfonamides is 1. The van der Waals surface area contributed by atoms with Crippen LogP contribution in [0.5, 0.6) is 0 Å². The van der Waals surface area contributed by atoms with Crippen molar-refractivity contribution in [2.24, 2.45) is 0 Å². The fraction of sp³-hybridized carbons (Fsp3) is 0.500. The van der Waals surface area contributed by atoms with Crippen LogP contribution in [0.25, 0.3) is 0 Å². The molecule has 0 amide bonds. The van der Waals surface area contributed by atoms with Gasteiger partial charge in [0, 0.05) is 12.2 Å². The standard InChI is InChI=1S/C12H20N2O2S2/c1-17-10-4-2-3-9-14-18(15,16)12-7-5-11(13)6-8-12/h5-8,14H,2-4,9-10,13H2,1H3. The van der Waals surface area contributed by atoms with Crippen LogP contribution in [-0.4, -0.2) is 27.0 Å². The Morgan fingerprint density at radius 2 is 1.83 bits per heavy atom. The van der Waals surface area contributed by atoms with Crippen LogP contribution in [0, 0.1) is 0 Å². The number of benzene rings is 1. The van der Waals surface area contributed by atoms with Crippen LogP contribution < -0.4 is 10.5 Å². The van der Waals surface area contributed by atoms with Crippen LogP contribution >= 0.6 is 11.8 Å². The number of nitrogen functional groups attached to an aromatic ring is 1. The summed E-state index contributed by atoms with van der Waals surface area (Å²) in [6.45, 7) is 0.487. The van der Waals surface area contributed by atoms with Gasteiger partial charge in [0.15, 0.2) is 0 Å². The van der Waals surface area contributed by atoms with E-state index in [0.717, 1.165) is 25.0 Å². The molecule has 1 rings (SSSR count). The maximum absolute atomic E-state index is 11.9. The van der Waals surface area contributed by atoms with Gasteiger partial charge < -0.3 is 5.73 Å². The Morgan fingerprint density at radius 1 is 1.17 bits per heavy atom. The van der Waals surface area contributed by atoms with Crippen molar-refractivity contribution in [3.8, 4) is 0 Å². The molecular formula is C12H20N2O2S2. The van der Waals surface area contributed by atoms with Crippen molar-refractivity contribution in [1.29, 1.82) is 0 Å². The van der Waals surface area contributed by atoms with Gasteiger partial charge in [-0.2, -0.15) is 11.8 Å². The zero-order valence-corrected chi connectivity index (χ0v) is 12.2. The van der Waals surface area contributed by atoms with E-state index in [-0.39, 0.29) is 4.90 Å². The molecule has 0 saturated heterocycles. The van der Waals surface area contributed by atoms with Gasteiger partial charge in [0.25, 0.3) is 0 Å². The van der Waals surface area contributed by atoms with E-state index >= 15 is 0 Å². The average molecular weight is 288 g/mol. The first-order chi connectivity index (χ1) is 8.56. The van der Waals surface area contributed by atoms with E-state index in [0.29, 0.717) is 12.2 Å². The second-order valence-corrected chi connectivity index (χ2v) is 6.77. The number of hydrogen-bond acceptors (Lipinski definition) is 4. The molecule has 3 N–H and O–H groups in total. The highest BCUT2D eigenvalue weighted by Gasteiger charge is 2.12. The molecule has 0 spiro atoms. The number of rotatable bonds is 8. The van der Waals surface area contributed by atoms with Crippen molar-refractivity contribution in [3.05, 3.63) is 24.3 Å². The van der Waals surface area contributed by atoms with Gasteiger partial charge in [-0.3, -0.25) is 0 Å². The van der Waals surface area contributed by atoms with Gasteiger partial charge >= 0.3 is 0 Å². The molecule has 0 unspecified atom stereocenters. The number of hydrogen-bond donors (Lipinski definition) is 2. The SMILES string of the molecule is CSCCCCCNS(=O)(=O)c1ccc(N)cc1. The Hall–Kier alpha value is -0.720. The topological polar surface area (TPSA) is 72.2 Å². The number of anilines is 1. The molecule has 1 aromatic carbocycles. The first-order valence-corrected chi connectivity index (χ1v) is 8.78. The van der Waals surface area contributed by atoms with Crippen molar-refractivity contribution in [2.75, 3.05) is 24.3 Å². The van der Waals surface area contributed by atoms with Gasteiger partial charge in [0.2, 0.25) is 10.0 Å². The number of unbranched alkanes of at least 4 members (excludes halogenated alkanes) is 2. The summed E-state index contributed by atoms with van der Waals surface area (Å²) >= 11 is 1.81. The molecule has 102 valence electrons. The highest BCUT2D eigenvalue weighted by atomic mass is 32.2. The largest absolute Gasteiger partial charge is 0.399 e. The molecule has 0 aliphatic heterocycles. The van der Waals surface area contributed by atoms with E-state index in [2.05, 4.69) is 11.0 Å². The number of thioether (sulfide) groups is 1. The van der Waals surface area contributed by atoms with Gasteiger partial charge in [-0.15, -0.1) is 0 Å². The lowest BCUT2D eigenvalue weighted by molar-refractivity contribution is 0.576. The van der Waals surface area contributed by atoms with Gasteiger partial charge in [0.1, 0.15) is 0 Å². The summed E-state index contributed by atoms with van der Waals surface area (Å²) in [7, 11) is -3.38. The Morgan fingerprint density at radius 3 is 2.44 bits per heavy atom. The normalized spacial score (nSPS) is 11.6. The second-order valence-electron chi connectivity index (χ2n) is 4.02. The van der Waals surface area contributed by atoms with E-state index in [1.807, 2.05) is 11.8 Å². The first kappa shape index (κ1) is 15.3. The predicted octanol–water partition coefficient (Wildman–Crippen LogP) is 2.08. The smallest absolute Gasteiger partial charge is 0.240 e. The van der Waals surface area contributed by atoms with Crippen LogP contribution in [0.3, 0.4) is 0 Å². The molecule has 0 heterocycles. The van der Waals surface area contributed by atoms with E-state index < -0.39 is 10.0 Å². The summed E-state index contributed by atoms with van der Waals surface area (Å²) in [6, 6.07) is 6.22. The highest BCUT2D eigenvalue weighted by Crippen LogP contribution is 2.11. The minimum atomic E-state index is -3.38. The number of nitrogens with one attached hydrogen (secondary N) is 1. The molecule has 18 heavy (non-hydrogen) atoms. The summed E-state index contributed by atoms with van der Waals surface area (Å²) in [5.74, 6) is 1.13. The summed E-state index contributed by atoms with van der Waals surface area (Å²) in [4.78, 5) is 0.265. The monoisotopic (exact) mass is 288 g/mol. The Bertz CT molecular complexity index is 444. The first-order valence-electron chi connectivity index (χ1n) is 5.90. The summed E-state index contributed by atoms with van der Waals surface area (Å²) < 4.78 is 26.3. The highest BCUT2D eigenvalue weighted by molar-refractivity contribution is 7.98. The molecule has 0 radical (unpaired) electrons. The van der Waals surface area contributed by atoms with Crippen molar-refractivity contribution in [3.63, 3.8) is 0 Å². The van der Waals surface area contributed by atoms with Crippen molar-refractivity contribution >= 4 is 27.5 Å². The lowest BCUT2D eigenvalue weighted by Crippen LogP contribution is -2.24. The molecule has 1 aromatic rings. The quantitative estimate of drug-likeness (QED) is 0.567. The molecule has 0 aliphatic rings. The third kappa shape index (κ3) is 5.29. The van der Waals surface area contributed by atoms with Crippen LogP contribution in [0.2, 0.25) is 0 Å². The third-order valence-corrected chi connectivity index (χ3v) is 4.68. The van der Waals surface area contributed by atoms with Gasteiger partial charge in [-0.05, 0) is 49.1 Å². The molecule has 0 fully saturated rings. The Labute approximate surface area is 113 Å². The lowest BCUT2D eigenvalue weighted by Gasteiger charge is -2.06. The van der Waals surface area contributed by atoms with Gasteiger partial charge in [0.05, 0.1) is 4.90 Å². The van der Waals surface area contributed by atoms with E-state index in [4.69, 9.17) is 5.73 Å². The van der Waals surface area contributed by atoms with Crippen LogP contribution in [0.1, 0.15) is 19.3 Å². The van der Waals surface area contributed by atoms with E-state index in [9.17, 15) is 8.42 Å². The van der Waals surface area contributed by atoms with E-state index in [1.54, 1.807) is 12.1 Å². The summed E-state index contributed by atoms with van der Waals surface area (Å²) in [6.07, 6.45) is 5.12. The lowest BCUT2D eigenvalue weighted by atomic mass is 10.2. The Balaban J connectivity index is 2.38. The molecule has 0 aliphatic carbocycles. The van der Waals surface area contributed by atoms with Crippen molar-refractivity contribution < 1.29 is 8.42 Å². The third-order valence-electron chi connectivity index (χ3n) is 2.51. The van der Waals surface area contributed by atoms with Crippen molar-refractivity contribution in [2.45, 2.75) is 24.2 Å². The minimum absolute atomic E-state index is 0.265. The van der Waals surface area contributed by atoms with Gasteiger partial charge in [-0.25, -0.2) is 13.1 Å². The molecule has 0 aromatic heterocycles. The molecule has 0 atom stereocenters. The predicted molar refractivity (Wildman–Crippen MR) is 78.3 cm³/mol. The Kier molecular flexibility index (Phi) is 6.52. The maximum atomic E-state index is 11.9. The summed E-state index contributed by atoms with van der Waals surface area (Å²) in [5.41, 5.74) is 6.08. The zero-order chi connectivity index (χ0) is 13.4. The molecule has 0 saturated carbocycles. The minimum Gasteiger partial charge on any atom is -0.399 e. The summed E-state index contributed by atoms with van der Waals surface area (Å²) in [5, 5.41) is 0. The van der Waals surface area contributed by atoms with Crippen molar-refractivity contribution in [1.82, 2.24) is 4.72 Å². The molecule has 0 bridgehead atoms. The fourth-order valence-electron chi connectivity index (χ4n) is 1.49. The molecule has 6 heteroatoms. The van der Waals surface area contributed by atoms with Crippen LogP contribution in [-0.2, 0) is 10.0 Å². The second kappa shape index (κ2) is 7.66. The fourth-order valence-corrected chi connectivity index (χ4v) is 3.05. The van der Waals surface area contributed by atoms with Gasteiger partial charge in [-0.1, -0.05) is 6.42 Å². The van der Waals surface area contributed by atoms with E-state index in [1.165, 1.54) is 12.1 Å². The molecular weight excluding hydrogens is 268 g/mol. The van der Waals surface area contributed by atoms with Crippen LogP contribution in [0.4, 0.5) is 5.69 Å². The van der Waals surface area contributed by atoms with Crippen LogP contribution in [0.15, 0.2) is 29.2 Å². The maximum Gasteiger partial charge on any atom is 0.240 e. The zero-order valence-electron chi connectivity index (χ0n) is 10.6. The average Bonchev–Trinajstić information content (AvgIpc) is 2.34. The number of nitrogens with two attached hydrogens (primary N) is 1.